The number of aryl methyl sites for hydroxylation is 2. The minimum atomic E-state index is -3.65. The molecule has 0 atom stereocenters. The summed E-state index contributed by atoms with van der Waals surface area (Å²) in [5.41, 5.74) is 0.116. The molecule has 1 aromatic rings. The minimum Gasteiger partial charge on any atom is -0.267 e. The summed E-state index contributed by atoms with van der Waals surface area (Å²) in [4.78, 5) is 4.06. The lowest BCUT2D eigenvalue weighted by molar-refractivity contribution is 0.341. The van der Waals surface area contributed by atoms with Gasteiger partial charge in [-0.05, 0) is 44.4 Å². The molecular weight excluding hydrogens is 243 g/mol. The van der Waals surface area contributed by atoms with Crippen LogP contribution in [-0.2, 0) is 10.0 Å². The second-order valence-electron chi connectivity index (χ2n) is 4.68. The molecule has 0 bridgehead atoms. The maximum Gasteiger partial charge on any atom is 0.237 e. The number of rotatable bonds is 4. The zero-order chi connectivity index (χ0) is 12.7. The lowest BCUT2D eigenvalue weighted by Gasteiger charge is -2.10. The van der Waals surface area contributed by atoms with Gasteiger partial charge in [0.25, 0.3) is 0 Å². The second-order valence-corrected chi connectivity index (χ2v) is 6.41. The summed E-state index contributed by atoms with van der Waals surface area (Å²) in [5.74, 6) is -0.221. The van der Waals surface area contributed by atoms with Crippen molar-refractivity contribution in [2.75, 3.05) is 10.5 Å². The predicted molar refractivity (Wildman–Crippen MR) is 64.2 cm³/mol. The van der Waals surface area contributed by atoms with E-state index >= 15 is 0 Å². The number of anilines is 1. The first-order valence-electron chi connectivity index (χ1n) is 5.43. The van der Waals surface area contributed by atoms with Crippen LogP contribution in [-0.4, -0.2) is 24.8 Å². The highest BCUT2D eigenvalue weighted by Crippen LogP contribution is 2.40. The van der Waals surface area contributed by atoms with Crippen molar-refractivity contribution in [1.29, 1.82) is 0 Å². The van der Waals surface area contributed by atoms with Gasteiger partial charge in [-0.2, -0.15) is 0 Å². The fourth-order valence-electron chi connectivity index (χ4n) is 1.71. The number of nitrogens with zero attached hydrogens (tertiary/aromatic N) is 1. The molecule has 1 aliphatic carbocycles. The van der Waals surface area contributed by atoms with E-state index in [0.29, 0.717) is 12.8 Å². The second kappa shape index (κ2) is 3.94. The number of pyridine rings is 1. The van der Waals surface area contributed by atoms with Gasteiger partial charge in [0.1, 0.15) is 17.2 Å². The lowest BCUT2D eigenvalue weighted by atomic mass is 10.2. The van der Waals surface area contributed by atoms with E-state index in [1.54, 1.807) is 13.0 Å². The first-order chi connectivity index (χ1) is 7.78. The molecule has 0 unspecified atom stereocenters. The summed E-state index contributed by atoms with van der Waals surface area (Å²) in [6, 6.07) is 3.47. The molecule has 0 aromatic carbocycles. The predicted octanol–water partition coefficient (Wildman–Crippen LogP) is 1.94. The van der Waals surface area contributed by atoms with Crippen LogP contribution < -0.4 is 4.72 Å². The Hall–Kier alpha value is -1.17. The van der Waals surface area contributed by atoms with Gasteiger partial charge in [-0.15, -0.1) is 0 Å². The van der Waals surface area contributed by atoms with Crippen LogP contribution in [0.25, 0.3) is 0 Å². The minimum absolute atomic E-state index is 0.256. The van der Waals surface area contributed by atoms with Crippen LogP contribution in [0.4, 0.5) is 10.2 Å². The Bertz CT molecular complexity index is 518. The van der Waals surface area contributed by atoms with Gasteiger partial charge in [0.2, 0.25) is 10.0 Å². The van der Waals surface area contributed by atoms with E-state index in [-0.39, 0.29) is 5.82 Å². The molecule has 0 aliphatic heterocycles. The third-order valence-electron chi connectivity index (χ3n) is 2.60. The Morgan fingerprint density at radius 3 is 2.59 bits per heavy atom. The number of halogens is 1. The Kier molecular flexibility index (Phi) is 2.85. The molecule has 17 heavy (non-hydrogen) atoms. The van der Waals surface area contributed by atoms with Gasteiger partial charge in [0, 0.05) is 5.69 Å². The van der Waals surface area contributed by atoms with Gasteiger partial charge >= 0.3 is 0 Å². The summed E-state index contributed by atoms with van der Waals surface area (Å²) in [7, 11) is -3.65. The van der Waals surface area contributed by atoms with Crippen molar-refractivity contribution in [3.8, 4) is 0 Å². The monoisotopic (exact) mass is 258 g/mol. The largest absolute Gasteiger partial charge is 0.267 e. The number of nitrogens with one attached hydrogen (secondary N) is 1. The van der Waals surface area contributed by atoms with E-state index < -0.39 is 21.4 Å². The normalized spacial score (nSPS) is 17.8. The third kappa shape index (κ3) is 3.39. The van der Waals surface area contributed by atoms with E-state index in [0.717, 1.165) is 11.3 Å². The standard InChI is InChI=1S/C11H15FN2O2S/c1-8-5-9(2)13-10(6-8)14-17(15,16)7-11(12)3-4-11/h5-6H,3-4,7H2,1-2H3,(H,13,14). The molecule has 1 saturated carbocycles. The Balaban J connectivity index is 2.14. The van der Waals surface area contributed by atoms with Crippen molar-refractivity contribution in [3.05, 3.63) is 23.4 Å². The summed E-state index contributed by atoms with van der Waals surface area (Å²) in [6.07, 6.45) is 0.655. The SMILES string of the molecule is Cc1cc(C)nc(NS(=O)(=O)CC2(F)CC2)c1. The Labute approximate surface area is 100 Å². The van der Waals surface area contributed by atoms with E-state index in [9.17, 15) is 12.8 Å². The molecule has 1 fully saturated rings. The molecule has 1 N–H and O–H groups in total. The fourth-order valence-corrected chi connectivity index (χ4v) is 3.17. The molecule has 1 heterocycles. The molecular formula is C11H15FN2O2S. The van der Waals surface area contributed by atoms with Crippen molar-refractivity contribution >= 4 is 15.8 Å². The molecule has 6 heteroatoms. The van der Waals surface area contributed by atoms with Crippen molar-refractivity contribution in [2.24, 2.45) is 0 Å². The summed E-state index contributed by atoms with van der Waals surface area (Å²) in [5, 5.41) is 0. The molecule has 0 spiro atoms. The van der Waals surface area contributed by atoms with Crippen LogP contribution in [0, 0.1) is 13.8 Å². The van der Waals surface area contributed by atoms with E-state index in [1.165, 1.54) is 0 Å². The van der Waals surface area contributed by atoms with Crippen LogP contribution in [0.1, 0.15) is 24.1 Å². The fraction of sp³-hybridized carbons (Fsp3) is 0.545. The Morgan fingerprint density at radius 1 is 1.41 bits per heavy atom. The molecule has 0 radical (unpaired) electrons. The molecule has 4 nitrogen and oxygen atoms in total. The number of alkyl halides is 1. The molecule has 2 rings (SSSR count). The summed E-state index contributed by atoms with van der Waals surface area (Å²) >= 11 is 0. The molecule has 1 aliphatic rings. The summed E-state index contributed by atoms with van der Waals surface area (Å²) in [6.45, 7) is 3.63. The molecule has 0 amide bonds. The molecule has 1 aromatic heterocycles. The average molecular weight is 258 g/mol. The highest BCUT2D eigenvalue weighted by molar-refractivity contribution is 7.92. The van der Waals surface area contributed by atoms with Gasteiger partial charge in [0.05, 0.1) is 0 Å². The topological polar surface area (TPSA) is 59.1 Å². The highest BCUT2D eigenvalue weighted by atomic mass is 32.2. The van der Waals surface area contributed by atoms with Crippen LogP contribution in [0.2, 0.25) is 0 Å². The summed E-state index contributed by atoms with van der Waals surface area (Å²) < 4.78 is 39.1. The van der Waals surface area contributed by atoms with Gasteiger partial charge in [-0.25, -0.2) is 17.8 Å². The van der Waals surface area contributed by atoms with Gasteiger partial charge in [-0.1, -0.05) is 0 Å². The van der Waals surface area contributed by atoms with Crippen molar-refractivity contribution < 1.29 is 12.8 Å². The van der Waals surface area contributed by atoms with Gasteiger partial charge in [-0.3, -0.25) is 4.72 Å². The number of hydrogen-bond donors (Lipinski definition) is 1. The maximum absolute atomic E-state index is 13.4. The zero-order valence-corrected chi connectivity index (χ0v) is 10.6. The van der Waals surface area contributed by atoms with Crippen LogP contribution in [0.3, 0.4) is 0 Å². The molecule has 0 saturated heterocycles. The van der Waals surface area contributed by atoms with Crippen LogP contribution >= 0.6 is 0 Å². The van der Waals surface area contributed by atoms with Crippen molar-refractivity contribution in [3.63, 3.8) is 0 Å². The number of hydrogen-bond acceptors (Lipinski definition) is 3. The van der Waals surface area contributed by atoms with Crippen molar-refractivity contribution in [1.82, 2.24) is 4.98 Å². The van der Waals surface area contributed by atoms with Crippen molar-refractivity contribution in [2.45, 2.75) is 32.4 Å². The highest BCUT2D eigenvalue weighted by Gasteiger charge is 2.47. The first kappa shape index (κ1) is 12.3. The number of sulfonamides is 1. The molecule has 94 valence electrons. The zero-order valence-electron chi connectivity index (χ0n) is 9.83. The van der Waals surface area contributed by atoms with E-state index in [2.05, 4.69) is 9.71 Å². The van der Waals surface area contributed by atoms with Gasteiger partial charge < -0.3 is 0 Å². The van der Waals surface area contributed by atoms with Gasteiger partial charge in [0.15, 0.2) is 0 Å². The quantitative estimate of drug-likeness (QED) is 0.898. The third-order valence-corrected chi connectivity index (χ3v) is 4.02. The van der Waals surface area contributed by atoms with E-state index in [4.69, 9.17) is 0 Å². The smallest absolute Gasteiger partial charge is 0.237 e. The Morgan fingerprint density at radius 2 is 2.06 bits per heavy atom. The number of aromatic nitrogens is 1. The average Bonchev–Trinajstić information content (AvgIpc) is 2.77. The van der Waals surface area contributed by atoms with E-state index in [1.807, 2.05) is 13.0 Å². The lowest BCUT2D eigenvalue weighted by Crippen LogP contribution is -2.25. The van der Waals surface area contributed by atoms with Crippen LogP contribution in [0.15, 0.2) is 12.1 Å². The van der Waals surface area contributed by atoms with Crippen LogP contribution in [0.5, 0.6) is 0 Å². The maximum atomic E-state index is 13.4. The first-order valence-corrected chi connectivity index (χ1v) is 7.08.